The second-order valence-corrected chi connectivity index (χ2v) is 6.66. The molecule has 0 aliphatic carbocycles. The molecule has 0 amide bonds. The van der Waals surface area contributed by atoms with Crippen LogP contribution in [0.1, 0.15) is 19.8 Å². The Labute approximate surface area is 101 Å². The molecule has 0 aromatic heterocycles. The summed E-state index contributed by atoms with van der Waals surface area (Å²) in [5, 5.41) is 9.08. The minimum atomic E-state index is -3.34. The van der Waals surface area contributed by atoms with Gasteiger partial charge in [0.25, 0.3) is 10.2 Å². The predicted octanol–water partition coefficient (Wildman–Crippen LogP) is 0.562. The molecule has 1 rings (SSSR count). The SMILES string of the molecule is CCNS(=O)(=O)N1CCC(C#N)(SC)CC1. The van der Waals surface area contributed by atoms with Crippen LogP contribution in [-0.4, -0.2) is 43.4 Å². The third-order valence-electron chi connectivity index (χ3n) is 2.79. The van der Waals surface area contributed by atoms with E-state index in [0.29, 0.717) is 32.5 Å². The van der Waals surface area contributed by atoms with Crippen LogP contribution < -0.4 is 4.72 Å². The third kappa shape index (κ3) is 2.88. The first-order chi connectivity index (χ1) is 7.49. The molecule has 1 saturated heterocycles. The molecule has 0 bridgehead atoms. The monoisotopic (exact) mass is 263 g/mol. The molecule has 0 radical (unpaired) electrons. The number of nitriles is 1. The van der Waals surface area contributed by atoms with Gasteiger partial charge >= 0.3 is 0 Å². The molecular formula is C9H17N3O2S2. The van der Waals surface area contributed by atoms with Crippen LogP contribution in [0.5, 0.6) is 0 Å². The Hall–Kier alpha value is -0.290. The van der Waals surface area contributed by atoms with Crippen molar-refractivity contribution in [3.8, 4) is 6.07 Å². The molecule has 1 heterocycles. The Morgan fingerprint density at radius 2 is 2.06 bits per heavy atom. The number of nitrogens with one attached hydrogen (secondary N) is 1. The first-order valence-electron chi connectivity index (χ1n) is 5.21. The second kappa shape index (κ2) is 5.36. The maximum atomic E-state index is 11.7. The fourth-order valence-corrected chi connectivity index (χ4v) is 3.62. The van der Waals surface area contributed by atoms with Crippen LogP contribution in [0.3, 0.4) is 0 Å². The van der Waals surface area contributed by atoms with Crippen molar-refractivity contribution >= 4 is 22.0 Å². The highest BCUT2D eigenvalue weighted by Gasteiger charge is 2.37. The number of piperidine rings is 1. The lowest BCUT2D eigenvalue weighted by atomic mass is 9.99. The first kappa shape index (κ1) is 13.8. The number of nitrogens with zero attached hydrogens (tertiary/aromatic N) is 2. The van der Waals surface area contributed by atoms with E-state index in [9.17, 15) is 8.42 Å². The normalized spacial score (nSPS) is 21.6. The molecule has 0 aromatic carbocycles. The molecule has 0 aromatic rings. The van der Waals surface area contributed by atoms with Crippen LogP contribution in [0.25, 0.3) is 0 Å². The van der Waals surface area contributed by atoms with Gasteiger partial charge in [-0.1, -0.05) is 6.92 Å². The van der Waals surface area contributed by atoms with Gasteiger partial charge in [0.1, 0.15) is 4.75 Å². The molecule has 92 valence electrons. The molecule has 5 nitrogen and oxygen atoms in total. The Balaban J connectivity index is 2.66. The minimum Gasteiger partial charge on any atom is -0.202 e. The predicted molar refractivity (Wildman–Crippen MR) is 65.3 cm³/mol. The molecule has 1 fully saturated rings. The lowest BCUT2D eigenvalue weighted by molar-refractivity contribution is 0.323. The summed E-state index contributed by atoms with van der Waals surface area (Å²) in [4.78, 5) is 0. The highest BCUT2D eigenvalue weighted by Crippen LogP contribution is 2.34. The zero-order valence-electron chi connectivity index (χ0n) is 9.56. The standard InChI is InChI=1S/C9H17N3O2S2/c1-3-11-16(13,14)12-6-4-9(8-10,15-2)5-7-12/h11H,3-7H2,1-2H3. The average Bonchev–Trinajstić information content (AvgIpc) is 2.29. The Bertz CT molecular complexity index is 367. The molecule has 0 saturated carbocycles. The van der Waals surface area contributed by atoms with Crippen LogP contribution in [0.15, 0.2) is 0 Å². The quantitative estimate of drug-likeness (QED) is 0.804. The molecule has 0 spiro atoms. The van der Waals surface area contributed by atoms with Crippen molar-refractivity contribution in [3.63, 3.8) is 0 Å². The van der Waals surface area contributed by atoms with Gasteiger partial charge in [0.05, 0.1) is 6.07 Å². The zero-order chi connectivity index (χ0) is 12.2. The van der Waals surface area contributed by atoms with Gasteiger partial charge < -0.3 is 0 Å². The lowest BCUT2D eigenvalue weighted by Crippen LogP contribution is -2.48. The summed E-state index contributed by atoms with van der Waals surface area (Å²) in [6, 6.07) is 2.29. The van der Waals surface area contributed by atoms with Gasteiger partial charge in [0, 0.05) is 19.6 Å². The van der Waals surface area contributed by atoms with E-state index in [2.05, 4.69) is 10.8 Å². The maximum Gasteiger partial charge on any atom is 0.279 e. The van der Waals surface area contributed by atoms with Crippen molar-refractivity contribution in [1.82, 2.24) is 9.03 Å². The summed E-state index contributed by atoms with van der Waals surface area (Å²) in [5.74, 6) is 0. The Morgan fingerprint density at radius 3 is 2.44 bits per heavy atom. The molecular weight excluding hydrogens is 246 g/mol. The zero-order valence-corrected chi connectivity index (χ0v) is 11.2. The molecule has 1 aliphatic heterocycles. The van der Waals surface area contributed by atoms with Crippen LogP contribution in [-0.2, 0) is 10.2 Å². The van der Waals surface area contributed by atoms with Crippen molar-refractivity contribution in [2.75, 3.05) is 25.9 Å². The van der Waals surface area contributed by atoms with Crippen molar-refractivity contribution in [1.29, 1.82) is 5.26 Å². The number of hydrogen-bond donors (Lipinski definition) is 1. The van der Waals surface area contributed by atoms with E-state index in [-0.39, 0.29) is 0 Å². The van der Waals surface area contributed by atoms with E-state index in [4.69, 9.17) is 5.26 Å². The molecule has 7 heteroatoms. The van der Waals surface area contributed by atoms with E-state index in [0.717, 1.165) is 0 Å². The van der Waals surface area contributed by atoms with E-state index in [1.54, 1.807) is 6.92 Å². The largest absolute Gasteiger partial charge is 0.279 e. The van der Waals surface area contributed by atoms with Gasteiger partial charge in [0.15, 0.2) is 0 Å². The average molecular weight is 263 g/mol. The van der Waals surface area contributed by atoms with Crippen LogP contribution in [0.2, 0.25) is 0 Å². The summed E-state index contributed by atoms with van der Waals surface area (Å²) in [5.41, 5.74) is 0. The first-order valence-corrected chi connectivity index (χ1v) is 7.87. The minimum absolute atomic E-state index is 0.394. The van der Waals surface area contributed by atoms with Crippen molar-refractivity contribution in [3.05, 3.63) is 0 Å². The summed E-state index contributed by atoms with van der Waals surface area (Å²) in [7, 11) is -3.34. The van der Waals surface area contributed by atoms with Crippen molar-refractivity contribution < 1.29 is 8.42 Å². The third-order valence-corrected chi connectivity index (χ3v) is 5.77. The smallest absolute Gasteiger partial charge is 0.202 e. The Kier molecular flexibility index (Phi) is 4.62. The van der Waals surface area contributed by atoms with Gasteiger partial charge in [-0.3, -0.25) is 0 Å². The topological polar surface area (TPSA) is 73.2 Å². The van der Waals surface area contributed by atoms with Gasteiger partial charge in [-0.25, -0.2) is 4.72 Å². The van der Waals surface area contributed by atoms with Crippen molar-refractivity contribution in [2.24, 2.45) is 0 Å². The molecule has 0 unspecified atom stereocenters. The summed E-state index contributed by atoms with van der Waals surface area (Å²) < 4.78 is 26.9. The highest BCUT2D eigenvalue weighted by atomic mass is 32.2. The van der Waals surface area contributed by atoms with E-state index in [1.807, 2.05) is 6.26 Å². The fraction of sp³-hybridized carbons (Fsp3) is 0.889. The maximum absolute atomic E-state index is 11.7. The summed E-state index contributed by atoms with van der Waals surface area (Å²) in [6.07, 6.45) is 3.09. The van der Waals surface area contributed by atoms with Crippen LogP contribution in [0.4, 0.5) is 0 Å². The van der Waals surface area contributed by atoms with Crippen LogP contribution in [0, 0.1) is 11.3 Å². The highest BCUT2D eigenvalue weighted by molar-refractivity contribution is 8.00. The molecule has 0 atom stereocenters. The number of rotatable bonds is 4. The van der Waals surface area contributed by atoms with Gasteiger partial charge in [-0.15, -0.1) is 11.8 Å². The van der Waals surface area contributed by atoms with Crippen molar-refractivity contribution in [2.45, 2.75) is 24.5 Å². The Morgan fingerprint density at radius 1 is 1.50 bits per heavy atom. The van der Waals surface area contributed by atoms with Gasteiger partial charge in [-0.05, 0) is 19.1 Å². The molecule has 1 N–H and O–H groups in total. The van der Waals surface area contributed by atoms with Crippen LogP contribution >= 0.6 is 11.8 Å². The van der Waals surface area contributed by atoms with E-state index >= 15 is 0 Å². The van der Waals surface area contributed by atoms with E-state index < -0.39 is 15.0 Å². The van der Waals surface area contributed by atoms with Gasteiger partial charge in [-0.2, -0.15) is 18.0 Å². The summed E-state index contributed by atoms with van der Waals surface area (Å²) >= 11 is 1.52. The lowest BCUT2D eigenvalue weighted by Gasteiger charge is -2.35. The molecule has 1 aliphatic rings. The number of thioether (sulfide) groups is 1. The number of hydrogen-bond acceptors (Lipinski definition) is 4. The second-order valence-electron chi connectivity index (χ2n) is 3.71. The van der Waals surface area contributed by atoms with Gasteiger partial charge in [0.2, 0.25) is 0 Å². The van der Waals surface area contributed by atoms with E-state index in [1.165, 1.54) is 16.1 Å². The summed E-state index contributed by atoms with van der Waals surface area (Å²) in [6.45, 7) is 2.99. The molecule has 16 heavy (non-hydrogen) atoms. The fourth-order valence-electron chi connectivity index (χ4n) is 1.72.